The second kappa shape index (κ2) is 5.48. The van der Waals surface area contributed by atoms with E-state index in [1.807, 2.05) is 13.0 Å². The SMILES string of the molecule is C=CC(=O)NC(CC)CC#N. The molecule has 0 aromatic heterocycles. The molecule has 1 atom stereocenters. The van der Waals surface area contributed by atoms with E-state index in [-0.39, 0.29) is 11.9 Å². The van der Waals surface area contributed by atoms with Gasteiger partial charge in [0.1, 0.15) is 0 Å². The first-order chi connectivity index (χ1) is 5.24. The second-order valence-corrected chi connectivity index (χ2v) is 2.18. The summed E-state index contributed by atoms with van der Waals surface area (Å²) >= 11 is 0. The first-order valence-electron chi connectivity index (χ1n) is 3.54. The fourth-order valence-corrected chi connectivity index (χ4v) is 0.668. The molecule has 0 aliphatic rings. The third-order valence-corrected chi connectivity index (χ3v) is 1.36. The third kappa shape index (κ3) is 4.15. The summed E-state index contributed by atoms with van der Waals surface area (Å²) in [5.74, 6) is -0.216. The Bertz CT molecular complexity index is 181. The maximum absolute atomic E-state index is 10.7. The predicted octanol–water partition coefficient (Wildman–Crippen LogP) is 0.981. The smallest absolute Gasteiger partial charge is 0.243 e. The van der Waals surface area contributed by atoms with Gasteiger partial charge in [-0.05, 0) is 12.5 Å². The van der Waals surface area contributed by atoms with Crippen LogP contribution in [0, 0.1) is 11.3 Å². The lowest BCUT2D eigenvalue weighted by Crippen LogP contribution is -2.32. The monoisotopic (exact) mass is 152 g/mol. The number of hydrogen-bond acceptors (Lipinski definition) is 2. The largest absolute Gasteiger partial charge is 0.349 e. The van der Waals surface area contributed by atoms with Crippen LogP contribution in [0.1, 0.15) is 19.8 Å². The molecule has 60 valence electrons. The Morgan fingerprint density at radius 2 is 2.55 bits per heavy atom. The highest BCUT2D eigenvalue weighted by molar-refractivity contribution is 5.87. The van der Waals surface area contributed by atoms with Gasteiger partial charge in [-0.2, -0.15) is 5.26 Å². The van der Waals surface area contributed by atoms with Crippen LogP contribution in [0.5, 0.6) is 0 Å². The number of carbonyl (C=O) groups excluding carboxylic acids is 1. The quantitative estimate of drug-likeness (QED) is 0.610. The number of amides is 1. The third-order valence-electron chi connectivity index (χ3n) is 1.36. The average Bonchev–Trinajstić information content (AvgIpc) is 2.03. The Morgan fingerprint density at radius 1 is 1.91 bits per heavy atom. The van der Waals surface area contributed by atoms with E-state index in [1.54, 1.807) is 0 Å². The summed E-state index contributed by atoms with van der Waals surface area (Å²) in [5, 5.41) is 11.0. The van der Waals surface area contributed by atoms with Gasteiger partial charge in [0, 0.05) is 6.04 Å². The summed E-state index contributed by atoms with van der Waals surface area (Å²) in [6.45, 7) is 5.24. The molecule has 11 heavy (non-hydrogen) atoms. The highest BCUT2D eigenvalue weighted by Gasteiger charge is 2.05. The molecule has 0 spiro atoms. The zero-order valence-electron chi connectivity index (χ0n) is 6.63. The van der Waals surface area contributed by atoms with Crippen molar-refractivity contribution >= 4 is 5.91 Å². The van der Waals surface area contributed by atoms with E-state index in [0.29, 0.717) is 6.42 Å². The van der Waals surface area contributed by atoms with Crippen LogP contribution in [-0.2, 0) is 4.79 Å². The molecule has 0 aromatic carbocycles. The van der Waals surface area contributed by atoms with Gasteiger partial charge < -0.3 is 5.32 Å². The minimum absolute atomic E-state index is 0.0366. The second-order valence-electron chi connectivity index (χ2n) is 2.18. The molecule has 0 saturated heterocycles. The normalized spacial score (nSPS) is 11.3. The number of nitrogens with zero attached hydrogens (tertiary/aromatic N) is 1. The molecule has 3 heteroatoms. The van der Waals surface area contributed by atoms with Crippen molar-refractivity contribution in [1.29, 1.82) is 5.26 Å². The lowest BCUT2D eigenvalue weighted by molar-refractivity contribution is -0.117. The Morgan fingerprint density at radius 3 is 2.91 bits per heavy atom. The van der Waals surface area contributed by atoms with Crippen LogP contribution in [0.25, 0.3) is 0 Å². The van der Waals surface area contributed by atoms with Gasteiger partial charge >= 0.3 is 0 Å². The van der Waals surface area contributed by atoms with E-state index in [9.17, 15) is 4.79 Å². The van der Waals surface area contributed by atoms with Gasteiger partial charge in [0.2, 0.25) is 5.91 Å². The van der Waals surface area contributed by atoms with Crippen molar-refractivity contribution in [2.45, 2.75) is 25.8 Å². The summed E-state index contributed by atoms with van der Waals surface area (Å²) in [7, 11) is 0. The summed E-state index contributed by atoms with van der Waals surface area (Å²) in [6.07, 6.45) is 2.34. The van der Waals surface area contributed by atoms with Crippen molar-refractivity contribution in [3.05, 3.63) is 12.7 Å². The Kier molecular flexibility index (Phi) is 4.83. The molecule has 0 bridgehead atoms. The minimum Gasteiger partial charge on any atom is -0.349 e. The van der Waals surface area contributed by atoms with Crippen LogP contribution < -0.4 is 5.32 Å². The molecule has 1 unspecified atom stereocenters. The van der Waals surface area contributed by atoms with Crippen molar-refractivity contribution in [3.63, 3.8) is 0 Å². The first-order valence-corrected chi connectivity index (χ1v) is 3.54. The van der Waals surface area contributed by atoms with E-state index in [0.717, 1.165) is 6.42 Å². The van der Waals surface area contributed by atoms with E-state index in [2.05, 4.69) is 11.9 Å². The van der Waals surface area contributed by atoms with Gasteiger partial charge in [0.15, 0.2) is 0 Å². The molecule has 0 saturated carbocycles. The topological polar surface area (TPSA) is 52.9 Å². The Labute approximate surface area is 66.7 Å². The van der Waals surface area contributed by atoms with Gasteiger partial charge in [0.25, 0.3) is 0 Å². The molecule has 0 aliphatic heterocycles. The van der Waals surface area contributed by atoms with Crippen molar-refractivity contribution < 1.29 is 4.79 Å². The summed E-state index contributed by atoms with van der Waals surface area (Å²) in [6, 6.07) is 1.96. The zero-order chi connectivity index (χ0) is 8.69. The van der Waals surface area contributed by atoms with Crippen molar-refractivity contribution in [2.24, 2.45) is 0 Å². The fourth-order valence-electron chi connectivity index (χ4n) is 0.668. The van der Waals surface area contributed by atoms with Crippen LogP contribution in [0.4, 0.5) is 0 Å². The van der Waals surface area contributed by atoms with E-state index >= 15 is 0 Å². The molecule has 0 aromatic rings. The average molecular weight is 152 g/mol. The number of nitriles is 1. The zero-order valence-corrected chi connectivity index (χ0v) is 6.63. The number of hydrogen-bond donors (Lipinski definition) is 1. The van der Waals surface area contributed by atoms with E-state index < -0.39 is 0 Å². The molecule has 0 rings (SSSR count). The van der Waals surface area contributed by atoms with Gasteiger partial charge in [-0.25, -0.2) is 0 Å². The highest BCUT2D eigenvalue weighted by atomic mass is 16.1. The van der Waals surface area contributed by atoms with Crippen molar-refractivity contribution in [3.8, 4) is 6.07 Å². The summed E-state index contributed by atoms with van der Waals surface area (Å²) < 4.78 is 0. The number of nitrogens with one attached hydrogen (secondary N) is 1. The standard InChI is InChI=1S/C8H12N2O/c1-3-7(5-6-9)10-8(11)4-2/h4,7H,2-3,5H2,1H3,(H,10,11). The van der Waals surface area contributed by atoms with Crippen LogP contribution in [-0.4, -0.2) is 11.9 Å². The maximum atomic E-state index is 10.7. The predicted molar refractivity (Wildman–Crippen MR) is 42.6 cm³/mol. The molecule has 1 N–H and O–H groups in total. The highest BCUT2D eigenvalue weighted by Crippen LogP contribution is 1.95. The van der Waals surface area contributed by atoms with Crippen molar-refractivity contribution in [1.82, 2.24) is 5.32 Å². The summed E-state index contributed by atoms with van der Waals surface area (Å²) in [5.41, 5.74) is 0. The molecule has 0 radical (unpaired) electrons. The molecule has 0 fully saturated rings. The number of rotatable bonds is 4. The molecular formula is C8H12N2O. The molecule has 3 nitrogen and oxygen atoms in total. The molecule has 0 heterocycles. The fraction of sp³-hybridized carbons (Fsp3) is 0.500. The van der Waals surface area contributed by atoms with Crippen molar-refractivity contribution in [2.75, 3.05) is 0 Å². The minimum atomic E-state index is -0.216. The molecular weight excluding hydrogens is 140 g/mol. The Hall–Kier alpha value is -1.30. The van der Waals surface area contributed by atoms with Crippen LogP contribution in [0.3, 0.4) is 0 Å². The number of carbonyl (C=O) groups is 1. The molecule has 0 aliphatic carbocycles. The lowest BCUT2D eigenvalue weighted by Gasteiger charge is -2.10. The van der Waals surface area contributed by atoms with Crippen LogP contribution in [0.2, 0.25) is 0 Å². The lowest BCUT2D eigenvalue weighted by atomic mass is 10.2. The first kappa shape index (κ1) is 9.70. The van der Waals surface area contributed by atoms with Gasteiger partial charge in [-0.1, -0.05) is 13.5 Å². The Balaban J connectivity index is 3.78. The van der Waals surface area contributed by atoms with Gasteiger partial charge in [-0.15, -0.1) is 0 Å². The molecule has 1 amide bonds. The van der Waals surface area contributed by atoms with Gasteiger partial charge in [-0.3, -0.25) is 4.79 Å². The maximum Gasteiger partial charge on any atom is 0.243 e. The van der Waals surface area contributed by atoms with E-state index in [4.69, 9.17) is 5.26 Å². The van der Waals surface area contributed by atoms with Crippen LogP contribution >= 0.6 is 0 Å². The van der Waals surface area contributed by atoms with Gasteiger partial charge in [0.05, 0.1) is 12.5 Å². The van der Waals surface area contributed by atoms with Crippen LogP contribution in [0.15, 0.2) is 12.7 Å². The summed E-state index contributed by atoms with van der Waals surface area (Å²) in [4.78, 5) is 10.7. The van der Waals surface area contributed by atoms with E-state index in [1.165, 1.54) is 6.08 Å².